The predicted octanol–water partition coefficient (Wildman–Crippen LogP) is 1.96. The molecule has 3 heteroatoms. The highest BCUT2D eigenvalue weighted by Crippen LogP contribution is 2.21. The minimum absolute atomic E-state index is 0.299. The quantitative estimate of drug-likeness (QED) is 0.643. The van der Waals surface area contributed by atoms with Crippen molar-refractivity contribution in [1.29, 1.82) is 0 Å². The molecular formula is C9H7FN2. The van der Waals surface area contributed by atoms with Crippen LogP contribution in [0.15, 0.2) is 30.6 Å². The van der Waals surface area contributed by atoms with Gasteiger partial charge in [0.15, 0.2) is 0 Å². The topological polar surface area (TPSA) is 38.9 Å². The number of hydrogen-bond donors (Lipinski definition) is 1. The van der Waals surface area contributed by atoms with Crippen LogP contribution in [-0.4, -0.2) is 4.98 Å². The van der Waals surface area contributed by atoms with Crippen LogP contribution in [0.1, 0.15) is 0 Å². The summed E-state index contributed by atoms with van der Waals surface area (Å²) >= 11 is 0. The molecular weight excluding hydrogens is 155 g/mol. The number of rotatable bonds is 0. The Kier molecular flexibility index (Phi) is 1.43. The molecule has 60 valence electrons. The molecule has 12 heavy (non-hydrogen) atoms. The molecule has 0 saturated heterocycles. The number of benzene rings is 1. The zero-order valence-corrected chi connectivity index (χ0v) is 6.29. The van der Waals surface area contributed by atoms with Gasteiger partial charge in [0, 0.05) is 17.0 Å². The zero-order valence-electron chi connectivity index (χ0n) is 6.29. The average Bonchev–Trinajstić information content (AvgIpc) is 2.04. The van der Waals surface area contributed by atoms with Gasteiger partial charge in [0.2, 0.25) is 0 Å². The zero-order chi connectivity index (χ0) is 8.55. The van der Waals surface area contributed by atoms with Crippen molar-refractivity contribution in [3.8, 4) is 0 Å². The van der Waals surface area contributed by atoms with Gasteiger partial charge in [-0.1, -0.05) is 12.1 Å². The molecule has 2 nitrogen and oxygen atoms in total. The first kappa shape index (κ1) is 7.03. The second kappa shape index (κ2) is 2.44. The van der Waals surface area contributed by atoms with Crippen LogP contribution in [0.4, 0.5) is 10.1 Å². The third-order valence-corrected chi connectivity index (χ3v) is 1.76. The highest BCUT2D eigenvalue weighted by molar-refractivity contribution is 5.92. The standard InChI is InChI=1S/C9H7FN2/c10-7-3-1-2-6-4-12-5-8(11)9(6)7/h1-5H,11H2. The van der Waals surface area contributed by atoms with Gasteiger partial charge in [-0.15, -0.1) is 0 Å². The van der Waals surface area contributed by atoms with Crippen molar-refractivity contribution in [2.75, 3.05) is 5.73 Å². The van der Waals surface area contributed by atoms with Gasteiger partial charge in [-0.3, -0.25) is 4.98 Å². The fourth-order valence-electron chi connectivity index (χ4n) is 1.22. The molecule has 1 heterocycles. The maximum atomic E-state index is 13.1. The molecule has 0 radical (unpaired) electrons. The summed E-state index contributed by atoms with van der Waals surface area (Å²) in [5.74, 6) is -0.299. The molecule has 0 aliphatic rings. The number of hydrogen-bond acceptors (Lipinski definition) is 2. The molecule has 0 aliphatic carbocycles. The number of fused-ring (bicyclic) bond motifs is 1. The third-order valence-electron chi connectivity index (χ3n) is 1.76. The lowest BCUT2D eigenvalue weighted by molar-refractivity contribution is 0.640. The van der Waals surface area contributed by atoms with E-state index in [0.717, 1.165) is 5.39 Å². The van der Waals surface area contributed by atoms with Crippen molar-refractivity contribution in [2.24, 2.45) is 0 Å². The van der Waals surface area contributed by atoms with E-state index in [1.54, 1.807) is 18.3 Å². The van der Waals surface area contributed by atoms with E-state index in [2.05, 4.69) is 4.98 Å². The lowest BCUT2D eigenvalue weighted by Crippen LogP contribution is -1.90. The Hall–Kier alpha value is -1.64. The first-order valence-electron chi connectivity index (χ1n) is 3.57. The monoisotopic (exact) mass is 162 g/mol. The number of nitrogens with zero attached hydrogens (tertiary/aromatic N) is 1. The molecule has 0 fully saturated rings. The van der Waals surface area contributed by atoms with Crippen LogP contribution in [0.5, 0.6) is 0 Å². The fraction of sp³-hybridized carbons (Fsp3) is 0. The summed E-state index contributed by atoms with van der Waals surface area (Å²) in [5, 5.41) is 1.18. The van der Waals surface area contributed by atoms with Crippen LogP contribution >= 0.6 is 0 Å². The van der Waals surface area contributed by atoms with Crippen LogP contribution in [0.2, 0.25) is 0 Å². The van der Waals surface area contributed by atoms with Gasteiger partial charge in [-0.05, 0) is 6.07 Å². The van der Waals surface area contributed by atoms with E-state index in [9.17, 15) is 4.39 Å². The number of aromatic nitrogens is 1. The molecule has 0 saturated carbocycles. The second-order valence-electron chi connectivity index (χ2n) is 2.57. The third kappa shape index (κ3) is 0.906. The highest BCUT2D eigenvalue weighted by Gasteiger charge is 2.02. The maximum Gasteiger partial charge on any atom is 0.133 e. The summed E-state index contributed by atoms with van der Waals surface area (Å²) in [6, 6.07) is 4.80. The van der Waals surface area contributed by atoms with Crippen molar-refractivity contribution in [2.45, 2.75) is 0 Å². The van der Waals surface area contributed by atoms with Crippen molar-refractivity contribution < 1.29 is 4.39 Å². The van der Waals surface area contributed by atoms with Gasteiger partial charge in [-0.2, -0.15) is 0 Å². The van der Waals surface area contributed by atoms with Crippen molar-refractivity contribution in [3.63, 3.8) is 0 Å². The summed E-state index contributed by atoms with van der Waals surface area (Å²) in [7, 11) is 0. The van der Waals surface area contributed by atoms with E-state index in [4.69, 9.17) is 5.73 Å². The molecule has 0 amide bonds. The predicted molar refractivity (Wildman–Crippen MR) is 46.1 cm³/mol. The largest absolute Gasteiger partial charge is 0.397 e. The lowest BCUT2D eigenvalue weighted by Gasteiger charge is -2.00. The van der Waals surface area contributed by atoms with E-state index in [1.165, 1.54) is 12.3 Å². The molecule has 0 unspecified atom stereocenters. The van der Waals surface area contributed by atoms with E-state index >= 15 is 0 Å². The molecule has 0 bridgehead atoms. The van der Waals surface area contributed by atoms with Crippen LogP contribution in [-0.2, 0) is 0 Å². The Morgan fingerprint density at radius 3 is 2.83 bits per heavy atom. The van der Waals surface area contributed by atoms with Crippen molar-refractivity contribution in [1.82, 2.24) is 4.98 Å². The SMILES string of the molecule is Nc1cncc2cccc(F)c12. The number of nitrogen functional groups attached to an aromatic ring is 1. The Morgan fingerprint density at radius 2 is 2.08 bits per heavy atom. The minimum Gasteiger partial charge on any atom is -0.397 e. The van der Waals surface area contributed by atoms with E-state index in [1.807, 2.05) is 0 Å². The molecule has 0 aliphatic heterocycles. The van der Waals surface area contributed by atoms with Gasteiger partial charge in [-0.25, -0.2) is 4.39 Å². The lowest BCUT2D eigenvalue weighted by atomic mass is 10.1. The number of nitrogens with two attached hydrogens (primary N) is 1. The first-order chi connectivity index (χ1) is 5.79. The van der Waals surface area contributed by atoms with Crippen LogP contribution in [0, 0.1) is 5.82 Å². The fourth-order valence-corrected chi connectivity index (χ4v) is 1.22. The van der Waals surface area contributed by atoms with Crippen LogP contribution < -0.4 is 5.73 Å². The van der Waals surface area contributed by atoms with Gasteiger partial charge in [0.25, 0.3) is 0 Å². The molecule has 2 aromatic rings. The number of halogens is 1. The highest BCUT2D eigenvalue weighted by atomic mass is 19.1. The first-order valence-corrected chi connectivity index (χ1v) is 3.57. The van der Waals surface area contributed by atoms with Crippen molar-refractivity contribution >= 4 is 16.5 Å². The van der Waals surface area contributed by atoms with E-state index < -0.39 is 0 Å². The van der Waals surface area contributed by atoms with Crippen LogP contribution in [0.25, 0.3) is 10.8 Å². The number of pyridine rings is 1. The van der Waals surface area contributed by atoms with Gasteiger partial charge in [0.1, 0.15) is 5.82 Å². The smallest absolute Gasteiger partial charge is 0.133 e. The molecule has 2 N–H and O–H groups in total. The van der Waals surface area contributed by atoms with E-state index in [-0.39, 0.29) is 5.82 Å². The summed E-state index contributed by atoms with van der Waals surface area (Å²) in [6.07, 6.45) is 3.04. The second-order valence-corrected chi connectivity index (χ2v) is 2.57. The Bertz CT molecular complexity index is 389. The minimum atomic E-state index is -0.299. The molecule has 1 aromatic carbocycles. The maximum absolute atomic E-state index is 13.1. The number of anilines is 1. The molecule has 0 atom stereocenters. The van der Waals surface area contributed by atoms with Gasteiger partial charge < -0.3 is 5.73 Å². The van der Waals surface area contributed by atoms with Crippen LogP contribution in [0.3, 0.4) is 0 Å². The molecule has 1 aromatic heterocycles. The summed E-state index contributed by atoms with van der Waals surface area (Å²) in [6.45, 7) is 0. The summed E-state index contributed by atoms with van der Waals surface area (Å²) < 4.78 is 13.1. The molecule has 0 spiro atoms. The van der Waals surface area contributed by atoms with E-state index in [0.29, 0.717) is 11.1 Å². The summed E-state index contributed by atoms with van der Waals surface area (Å²) in [4.78, 5) is 3.86. The van der Waals surface area contributed by atoms with Gasteiger partial charge >= 0.3 is 0 Å². The van der Waals surface area contributed by atoms with Gasteiger partial charge in [0.05, 0.1) is 11.9 Å². The normalized spacial score (nSPS) is 10.4. The Balaban J connectivity index is 2.96. The Labute approximate surface area is 68.8 Å². The molecule has 2 rings (SSSR count). The van der Waals surface area contributed by atoms with Crippen molar-refractivity contribution in [3.05, 3.63) is 36.4 Å². The average molecular weight is 162 g/mol. The Morgan fingerprint density at radius 1 is 1.25 bits per heavy atom. The summed E-state index contributed by atoms with van der Waals surface area (Å²) in [5.41, 5.74) is 5.93.